The van der Waals surface area contributed by atoms with E-state index in [0.717, 1.165) is 21.3 Å². The van der Waals surface area contributed by atoms with Crippen LogP contribution in [0.25, 0.3) is 32.9 Å². The van der Waals surface area contributed by atoms with E-state index in [9.17, 15) is 9.50 Å². The number of aromatic nitrogens is 3. The summed E-state index contributed by atoms with van der Waals surface area (Å²) in [6.45, 7) is 0.121. The summed E-state index contributed by atoms with van der Waals surface area (Å²) in [6.07, 6.45) is 1.99. The molecule has 1 aliphatic heterocycles. The van der Waals surface area contributed by atoms with Gasteiger partial charge in [-0.3, -0.25) is 4.98 Å². The Bertz CT molecular complexity index is 1150. The largest absolute Gasteiger partial charge is 0.393 e. The highest BCUT2D eigenvalue weighted by molar-refractivity contribution is 7.17. The van der Waals surface area contributed by atoms with Crippen LogP contribution in [0.5, 0.6) is 0 Å². The van der Waals surface area contributed by atoms with Gasteiger partial charge in [0.15, 0.2) is 11.5 Å². The number of anilines is 1. The van der Waals surface area contributed by atoms with E-state index >= 15 is 0 Å². The molecule has 1 N–H and O–H groups in total. The monoisotopic (exact) mass is 406 g/mol. The second-order valence-electron chi connectivity index (χ2n) is 7.26. The molecule has 5 rings (SSSR count). The molecule has 146 valence electrons. The van der Waals surface area contributed by atoms with E-state index in [4.69, 9.17) is 9.97 Å². The summed E-state index contributed by atoms with van der Waals surface area (Å²) in [5.41, 5.74) is 1.18. The van der Waals surface area contributed by atoms with Gasteiger partial charge in [0.25, 0.3) is 0 Å². The van der Waals surface area contributed by atoms with E-state index in [-0.39, 0.29) is 13.0 Å². The SMILES string of the molecule is OCC1(F)CCN(c2nc(-c3ccccn3)nc3scc(-c4ccccc4)c23)C1. The molecular formula is C22H19FN4OS. The molecule has 1 saturated heterocycles. The van der Waals surface area contributed by atoms with Gasteiger partial charge in [0.1, 0.15) is 16.3 Å². The fourth-order valence-electron chi connectivity index (χ4n) is 3.74. The maximum Gasteiger partial charge on any atom is 0.181 e. The predicted molar refractivity (Wildman–Crippen MR) is 114 cm³/mol. The van der Waals surface area contributed by atoms with E-state index in [1.165, 1.54) is 0 Å². The Kier molecular flexibility index (Phi) is 4.49. The van der Waals surface area contributed by atoms with Crippen LogP contribution in [-0.2, 0) is 0 Å². The molecule has 0 amide bonds. The Morgan fingerprint density at radius 2 is 1.93 bits per heavy atom. The van der Waals surface area contributed by atoms with Crippen LogP contribution in [0.3, 0.4) is 0 Å². The number of rotatable bonds is 4. The lowest BCUT2D eigenvalue weighted by Crippen LogP contribution is -2.32. The molecule has 7 heteroatoms. The van der Waals surface area contributed by atoms with Gasteiger partial charge in [-0.25, -0.2) is 14.4 Å². The second kappa shape index (κ2) is 7.17. The zero-order valence-electron chi connectivity index (χ0n) is 15.6. The van der Waals surface area contributed by atoms with Crippen molar-refractivity contribution in [1.82, 2.24) is 15.0 Å². The van der Waals surface area contributed by atoms with Crippen molar-refractivity contribution >= 4 is 27.4 Å². The van der Waals surface area contributed by atoms with Gasteiger partial charge in [-0.15, -0.1) is 11.3 Å². The molecule has 29 heavy (non-hydrogen) atoms. The minimum absolute atomic E-state index is 0.112. The predicted octanol–water partition coefficient (Wildman–Crippen LogP) is 4.33. The smallest absolute Gasteiger partial charge is 0.181 e. The van der Waals surface area contributed by atoms with Crippen LogP contribution in [0.15, 0.2) is 60.1 Å². The van der Waals surface area contributed by atoms with Crippen molar-refractivity contribution in [2.75, 3.05) is 24.6 Å². The molecule has 1 fully saturated rings. The Balaban J connectivity index is 1.71. The third kappa shape index (κ3) is 3.26. The van der Waals surface area contributed by atoms with Crippen molar-refractivity contribution in [3.8, 4) is 22.6 Å². The van der Waals surface area contributed by atoms with Gasteiger partial charge in [0, 0.05) is 30.1 Å². The number of aliphatic hydroxyl groups is 1. The number of benzene rings is 1. The fraction of sp³-hybridized carbons (Fsp3) is 0.227. The first kappa shape index (κ1) is 18.1. The highest BCUT2D eigenvalue weighted by Gasteiger charge is 2.39. The first-order valence-electron chi connectivity index (χ1n) is 9.48. The summed E-state index contributed by atoms with van der Waals surface area (Å²) < 4.78 is 14.8. The van der Waals surface area contributed by atoms with Crippen molar-refractivity contribution < 1.29 is 9.50 Å². The molecule has 0 radical (unpaired) electrons. The number of nitrogens with zero attached hydrogens (tertiary/aromatic N) is 4. The molecule has 1 atom stereocenters. The highest BCUT2D eigenvalue weighted by atomic mass is 32.1. The quantitative estimate of drug-likeness (QED) is 0.547. The fourth-order valence-corrected chi connectivity index (χ4v) is 4.68. The van der Waals surface area contributed by atoms with Crippen LogP contribution >= 0.6 is 11.3 Å². The average Bonchev–Trinajstić information content (AvgIpc) is 3.39. The van der Waals surface area contributed by atoms with Crippen LogP contribution < -0.4 is 4.90 Å². The molecule has 1 aromatic carbocycles. The Labute approximate surface area is 171 Å². The summed E-state index contributed by atoms with van der Waals surface area (Å²) in [4.78, 5) is 16.7. The molecule has 0 spiro atoms. The highest BCUT2D eigenvalue weighted by Crippen LogP contribution is 2.41. The van der Waals surface area contributed by atoms with E-state index in [0.29, 0.717) is 23.9 Å². The summed E-state index contributed by atoms with van der Waals surface area (Å²) >= 11 is 1.55. The van der Waals surface area contributed by atoms with Gasteiger partial charge >= 0.3 is 0 Å². The average molecular weight is 406 g/mol. The van der Waals surface area contributed by atoms with E-state index in [1.54, 1.807) is 17.5 Å². The van der Waals surface area contributed by atoms with E-state index < -0.39 is 12.3 Å². The number of hydrogen-bond acceptors (Lipinski definition) is 6. The van der Waals surface area contributed by atoms with Crippen molar-refractivity contribution in [3.05, 3.63) is 60.1 Å². The zero-order chi connectivity index (χ0) is 19.8. The van der Waals surface area contributed by atoms with Crippen molar-refractivity contribution in [2.24, 2.45) is 0 Å². The first-order chi connectivity index (χ1) is 14.2. The maximum atomic E-state index is 14.8. The number of thiophene rings is 1. The van der Waals surface area contributed by atoms with Gasteiger partial charge < -0.3 is 10.0 Å². The first-order valence-corrected chi connectivity index (χ1v) is 10.4. The van der Waals surface area contributed by atoms with Crippen LogP contribution in [0, 0.1) is 0 Å². The molecule has 0 bridgehead atoms. The molecule has 1 unspecified atom stereocenters. The van der Waals surface area contributed by atoms with Gasteiger partial charge in [0.2, 0.25) is 0 Å². The van der Waals surface area contributed by atoms with Crippen LogP contribution in [-0.4, -0.2) is 45.4 Å². The molecule has 4 heterocycles. The third-order valence-electron chi connectivity index (χ3n) is 5.28. The molecular weight excluding hydrogens is 387 g/mol. The van der Waals surface area contributed by atoms with E-state index in [2.05, 4.69) is 22.5 Å². The molecule has 4 aromatic rings. The molecule has 5 nitrogen and oxygen atoms in total. The van der Waals surface area contributed by atoms with Crippen LogP contribution in [0.4, 0.5) is 10.2 Å². The lowest BCUT2D eigenvalue weighted by atomic mass is 10.1. The normalized spacial score (nSPS) is 19.2. The summed E-state index contributed by atoms with van der Waals surface area (Å²) in [5.74, 6) is 1.22. The van der Waals surface area contributed by atoms with Crippen molar-refractivity contribution in [3.63, 3.8) is 0 Å². The standard InChI is InChI=1S/C22H19FN4OS/c23-22(14-28)9-11-27(13-22)20-18-16(15-6-2-1-3-7-15)12-29-21(18)26-19(25-20)17-8-4-5-10-24-17/h1-8,10,12,28H,9,11,13-14H2. The number of aliphatic hydroxyl groups excluding tert-OH is 1. The molecule has 1 aliphatic rings. The number of halogens is 1. The zero-order valence-corrected chi connectivity index (χ0v) is 16.4. The Hall–Kier alpha value is -2.90. The minimum Gasteiger partial charge on any atom is -0.393 e. The minimum atomic E-state index is -1.61. The summed E-state index contributed by atoms with van der Waals surface area (Å²) in [6, 6.07) is 15.7. The summed E-state index contributed by atoms with van der Waals surface area (Å²) in [5, 5.41) is 12.5. The summed E-state index contributed by atoms with van der Waals surface area (Å²) in [7, 11) is 0. The Morgan fingerprint density at radius 3 is 2.66 bits per heavy atom. The number of hydrogen-bond donors (Lipinski definition) is 1. The van der Waals surface area contributed by atoms with Crippen molar-refractivity contribution in [1.29, 1.82) is 0 Å². The van der Waals surface area contributed by atoms with Crippen LogP contribution in [0.2, 0.25) is 0 Å². The molecule has 3 aromatic heterocycles. The number of fused-ring (bicyclic) bond motifs is 1. The van der Waals surface area contributed by atoms with E-state index in [1.807, 2.05) is 41.3 Å². The molecule has 0 saturated carbocycles. The number of pyridine rings is 1. The maximum absolute atomic E-state index is 14.8. The second-order valence-corrected chi connectivity index (χ2v) is 8.12. The van der Waals surface area contributed by atoms with Gasteiger partial charge in [-0.1, -0.05) is 36.4 Å². The lowest BCUT2D eigenvalue weighted by molar-refractivity contribution is 0.0909. The van der Waals surface area contributed by atoms with Gasteiger partial charge in [-0.05, 0) is 17.7 Å². The lowest BCUT2D eigenvalue weighted by Gasteiger charge is -2.21. The van der Waals surface area contributed by atoms with Crippen LogP contribution in [0.1, 0.15) is 6.42 Å². The van der Waals surface area contributed by atoms with Crippen molar-refractivity contribution in [2.45, 2.75) is 12.1 Å². The Morgan fingerprint density at radius 1 is 1.10 bits per heavy atom. The van der Waals surface area contributed by atoms with Gasteiger partial charge in [-0.2, -0.15) is 0 Å². The third-order valence-corrected chi connectivity index (χ3v) is 6.15. The molecule has 0 aliphatic carbocycles. The number of alkyl halides is 1. The van der Waals surface area contributed by atoms with Gasteiger partial charge in [0.05, 0.1) is 18.5 Å². The topological polar surface area (TPSA) is 62.1 Å².